The van der Waals surface area contributed by atoms with Crippen LogP contribution < -0.4 is 10.6 Å². The molecular formula is C26H30F3N3O5. The maximum absolute atomic E-state index is 12.8. The summed E-state index contributed by atoms with van der Waals surface area (Å²) in [6, 6.07) is 14.4. The lowest BCUT2D eigenvalue weighted by Gasteiger charge is -2.31. The van der Waals surface area contributed by atoms with Gasteiger partial charge in [0.1, 0.15) is 0 Å². The fourth-order valence-electron chi connectivity index (χ4n) is 3.53. The Kier molecular flexibility index (Phi) is 10.2. The van der Waals surface area contributed by atoms with Crippen LogP contribution >= 0.6 is 0 Å². The predicted octanol–water partition coefficient (Wildman–Crippen LogP) is 4.26. The summed E-state index contributed by atoms with van der Waals surface area (Å²) in [5, 5.41) is 12.9. The minimum Gasteiger partial charge on any atom is -0.475 e. The molecule has 0 aromatic heterocycles. The second kappa shape index (κ2) is 12.9. The summed E-state index contributed by atoms with van der Waals surface area (Å²) in [5.41, 5.74) is 2.90. The number of carbonyl (C=O) groups excluding carboxylic acids is 3. The van der Waals surface area contributed by atoms with Crippen molar-refractivity contribution in [3.05, 3.63) is 65.2 Å². The van der Waals surface area contributed by atoms with Crippen LogP contribution in [0, 0.1) is 12.8 Å². The van der Waals surface area contributed by atoms with E-state index in [2.05, 4.69) is 10.6 Å². The molecule has 1 aliphatic rings. The summed E-state index contributed by atoms with van der Waals surface area (Å²) < 4.78 is 31.7. The first-order chi connectivity index (χ1) is 17.3. The second-order valence-electron chi connectivity index (χ2n) is 8.93. The Bertz CT molecular complexity index is 1090. The normalized spacial score (nSPS) is 13.9. The zero-order valence-corrected chi connectivity index (χ0v) is 20.8. The maximum atomic E-state index is 12.8. The van der Waals surface area contributed by atoms with Gasteiger partial charge in [0.15, 0.2) is 0 Å². The molecule has 200 valence electrons. The number of anilines is 1. The number of halogens is 3. The third kappa shape index (κ3) is 9.25. The first-order valence-corrected chi connectivity index (χ1v) is 11.7. The molecule has 3 N–H and O–H groups in total. The van der Waals surface area contributed by atoms with Crippen LogP contribution in [0.25, 0.3) is 0 Å². The molecule has 0 bridgehead atoms. The smallest absolute Gasteiger partial charge is 0.475 e. The molecule has 0 saturated carbocycles. The first kappa shape index (κ1) is 29.3. The number of likely N-dealkylation sites (tertiary alicyclic amines) is 1. The van der Waals surface area contributed by atoms with E-state index in [0.717, 1.165) is 5.56 Å². The summed E-state index contributed by atoms with van der Waals surface area (Å²) in [7, 11) is 0. The van der Waals surface area contributed by atoms with E-state index >= 15 is 0 Å². The summed E-state index contributed by atoms with van der Waals surface area (Å²) in [4.78, 5) is 47.9. The number of amides is 3. The molecule has 37 heavy (non-hydrogen) atoms. The van der Waals surface area contributed by atoms with E-state index in [4.69, 9.17) is 9.90 Å². The van der Waals surface area contributed by atoms with Crippen molar-refractivity contribution in [2.45, 2.75) is 45.8 Å². The first-order valence-electron chi connectivity index (χ1n) is 11.7. The highest BCUT2D eigenvalue weighted by Crippen LogP contribution is 2.20. The lowest BCUT2D eigenvalue weighted by atomic mass is 9.95. The van der Waals surface area contributed by atoms with Gasteiger partial charge in [-0.3, -0.25) is 14.4 Å². The van der Waals surface area contributed by atoms with Gasteiger partial charge in [0, 0.05) is 41.9 Å². The molecule has 1 fully saturated rings. The number of piperidine rings is 1. The standard InChI is InChI=1S/C24H29N3O3.C2HF3O2/c1-16(2)25-22(28)19-12-14-27(15-13-19)24(30)20-8-10-21(11-9-20)26-23(29)18-6-4-17(3)5-7-18;3-2(4,5)1(6)7/h4-11,16,19H,12-15H2,1-3H3,(H,25,28)(H,26,29);(H,6,7). The van der Waals surface area contributed by atoms with Crippen LogP contribution in [0.3, 0.4) is 0 Å². The molecule has 1 heterocycles. The Labute approximate surface area is 212 Å². The van der Waals surface area contributed by atoms with Gasteiger partial charge >= 0.3 is 12.1 Å². The molecule has 0 unspecified atom stereocenters. The number of nitrogens with one attached hydrogen (secondary N) is 2. The van der Waals surface area contributed by atoms with E-state index in [1.54, 1.807) is 41.3 Å². The molecule has 1 saturated heterocycles. The van der Waals surface area contributed by atoms with Crippen molar-refractivity contribution in [1.29, 1.82) is 0 Å². The molecule has 11 heteroatoms. The minimum absolute atomic E-state index is 0.0317. The van der Waals surface area contributed by atoms with Gasteiger partial charge in [-0.1, -0.05) is 17.7 Å². The molecule has 2 aromatic carbocycles. The van der Waals surface area contributed by atoms with Crippen LogP contribution in [0.4, 0.5) is 18.9 Å². The van der Waals surface area contributed by atoms with Crippen molar-refractivity contribution in [3.8, 4) is 0 Å². The van der Waals surface area contributed by atoms with Gasteiger partial charge in [0.2, 0.25) is 5.91 Å². The van der Waals surface area contributed by atoms with Gasteiger partial charge in [-0.15, -0.1) is 0 Å². The highest BCUT2D eigenvalue weighted by Gasteiger charge is 2.38. The zero-order valence-electron chi connectivity index (χ0n) is 20.8. The molecule has 0 atom stereocenters. The molecule has 0 spiro atoms. The molecule has 0 radical (unpaired) electrons. The quantitative estimate of drug-likeness (QED) is 0.544. The Hall–Kier alpha value is -3.89. The number of alkyl halides is 3. The van der Waals surface area contributed by atoms with Crippen molar-refractivity contribution in [3.63, 3.8) is 0 Å². The van der Waals surface area contributed by atoms with Crippen LogP contribution in [-0.4, -0.2) is 59.0 Å². The Morgan fingerprint density at radius 1 is 0.919 bits per heavy atom. The molecule has 3 amide bonds. The van der Waals surface area contributed by atoms with E-state index in [1.807, 2.05) is 32.9 Å². The molecule has 8 nitrogen and oxygen atoms in total. The number of nitrogens with zero attached hydrogens (tertiary/aromatic N) is 1. The number of hydrogen-bond donors (Lipinski definition) is 3. The lowest BCUT2D eigenvalue weighted by molar-refractivity contribution is -0.192. The third-order valence-electron chi connectivity index (χ3n) is 5.53. The number of rotatable bonds is 5. The average Bonchev–Trinajstić information content (AvgIpc) is 2.84. The van der Waals surface area contributed by atoms with Gasteiger partial charge in [-0.05, 0) is 70.0 Å². The number of benzene rings is 2. The topological polar surface area (TPSA) is 116 Å². The average molecular weight is 522 g/mol. The Morgan fingerprint density at radius 3 is 1.86 bits per heavy atom. The second-order valence-corrected chi connectivity index (χ2v) is 8.93. The van der Waals surface area contributed by atoms with E-state index in [1.165, 1.54) is 0 Å². The number of hydrogen-bond acceptors (Lipinski definition) is 4. The highest BCUT2D eigenvalue weighted by atomic mass is 19.4. The van der Waals surface area contributed by atoms with Crippen LogP contribution in [-0.2, 0) is 9.59 Å². The fraction of sp³-hybridized carbons (Fsp3) is 0.385. The molecule has 3 rings (SSSR count). The Balaban J connectivity index is 0.000000604. The number of carboxylic acids is 1. The number of aryl methyl sites for hydroxylation is 1. The summed E-state index contributed by atoms with van der Waals surface area (Å²) in [5.74, 6) is -2.95. The van der Waals surface area contributed by atoms with Gasteiger partial charge in [0.05, 0.1) is 0 Å². The van der Waals surface area contributed by atoms with Gasteiger partial charge in [-0.25, -0.2) is 4.79 Å². The van der Waals surface area contributed by atoms with Crippen molar-refractivity contribution in [1.82, 2.24) is 10.2 Å². The van der Waals surface area contributed by atoms with E-state index in [9.17, 15) is 27.6 Å². The van der Waals surface area contributed by atoms with Crippen molar-refractivity contribution in [2.75, 3.05) is 18.4 Å². The van der Waals surface area contributed by atoms with Crippen LogP contribution in [0.5, 0.6) is 0 Å². The molecule has 2 aromatic rings. The van der Waals surface area contributed by atoms with Crippen molar-refractivity contribution < 1.29 is 37.5 Å². The number of carboxylic acid groups (broad SMARTS) is 1. The summed E-state index contributed by atoms with van der Waals surface area (Å²) in [6.45, 7) is 7.01. The SMILES string of the molecule is Cc1ccc(C(=O)Nc2ccc(C(=O)N3CCC(C(=O)NC(C)C)CC3)cc2)cc1.O=C(O)C(F)(F)F. The van der Waals surface area contributed by atoms with Crippen LogP contribution in [0.1, 0.15) is 53.0 Å². The van der Waals surface area contributed by atoms with Crippen molar-refractivity contribution >= 4 is 29.4 Å². The number of aliphatic carboxylic acids is 1. The van der Waals surface area contributed by atoms with E-state index in [0.29, 0.717) is 42.7 Å². The van der Waals surface area contributed by atoms with E-state index in [-0.39, 0.29) is 29.7 Å². The zero-order chi connectivity index (χ0) is 27.8. The predicted molar refractivity (Wildman–Crippen MR) is 131 cm³/mol. The number of carbonyl (C=O) groups is 4. The minimum atomic E-state index is -5.08. The molecule has 1 aliphatic heterocycles. The molecule has 0 aliphatic carbocycles. The monoisotopic (exact) mass is 521 g/mol. The van der Waals surface area contributed by atoms with Gasteiger partial charge < -0.3 is 20.6 Å². The van der Waals surface area contributed by atoms with Gasteiger partial charge in [0.25, 0.3) is 11.8 Å². The van der Waals surface area contributed by atoms with Crippen LogP contribution in [0.15, 0.2) is 48.5 Å². The lowest BCUT2D eigenvalue weighted by Crippen LogP contribution is -2.44. The fourth-order valence-corrected chi connectivity index (χ4v) is 3.53. The van der Waals surface area contributed by atoms with E-state index < -0.39 is 12.1 Å². The largest absolute Gasteiger partial charge is 0.490 e. The molecular weight excluding hydrogens is 491 g/mol. The summed E-state index contributed by atoms with van der Waals surface area (Å²) in [6.07, 6.45) is -3.73. The maximum Gasteiger partial charge on any atom is 0.490 e. The third-order valence-corrected chi connectivity index (χ3v) is 5.53. The summed E-state index contributed by atoms with van der Waals surface area (Å²) >= 11 is 0. The van der Waals surface area contributed by atoms with Gasteiger partial charge in [-0.2, -0.15) is 13.2 Å². The van der Waals surface area contributed by atoms with Crippen LogP contribution in [0.2, 0.25) is 0 Å². The Morgan fingerprint density at radius 2 is 1.41 bits per heavy atom. The van der Waals surface area contributed by atoms with Crippen molar-refractivity contribution in [2.24, 2.45) is 5.92 Å². The highest BCUT2D eigenvalue weighted by molar-refractivity contribution is 6.04.